The first-order chi connectivity index (χ1) is 17.8. The van der Waals surface area contributed by atoms with E-state index in [0.29, 0.717) is 43.3 Å². The van der Waals surface area contributed by atoms with Crippen molar-refractivity contribution in [2.75, 3.05) is 18.8 Å². The Labute approximate surface area is 222 Å². The molecular formula is C26H37N3O8S. The Balaban J connectivity index is 1.85. The average Bonchev–Trinajstić information content (AvgIpc) is 3.42. The molecule has 38 heavy (non-hydrogen) atoms. The lowest BCUT2D eigenvalue weighted by Gasteiger charge is -2.30. The topological polar surface area (TPSA) is 169 Å². The van der Waals surface area contributed by atoms with E-state index in [1.807, 2.05) is 0 Å². The van der Waals surface area contributed by atoms with Crippen molar-refractivity contribution in [1.29, 1.82) is 0 Å². The van der Waals surface area contributed by atoms with Gasteiger partial charge < -0.3 is 30.2 Å². The molecule has 2 atom stereocenters. The summed E-state index contributed by atoms with van der Waals surface area (Å²) in [6, 6.07) is 5.13. The van der Waals surface area contributed by atoms with Crippen LogP contribution in [-0.4, -0.2) is 72.9 Å². The number of para-hydroxylation sites is 1. The smallest absolute Gasteiger partial charge is 0.408 e. The van der Waals surface area contributed by atoms with Crippen LogP contribution in [0.15, 0.2) is 33.6 Å². The number of nitrogens with two attached hydrogens (primary N) is 1. The molecule has 1 aromatic carbocycles. The Bertz CT molecular complexity index is 1270. The molecule has 12 heteroatoms. The number of carbonyl (C=O) groups is 3. The summed E-state index contributed by atoms with van der Waals surface area (Å²) in [5.41, 5.74) is 5.24. The van der Waals surface area contributed by atoms with E-state index in [2.05, 4.69) is 5.32 Å². The van der Waals surface area contributed by atoms with E-state index >= 15 is 0 Å². The van der Waals surface area contributed by atoms with Crippen LogP contribution in [0.2, 0.25) is 0 Å². The van der Waals surface area contributed by atoms with E-state index in [1.54, 1.807) is 45.0 Å². The number of amides is 2. The molecule has 1 aromatic heterocycles. The highest BCUT2D eigenvalue weighted by atomic mass is 32.2. The van der Waals surface area contributed by atoms with Crippen molar-refractivity contribution in [3.05, 3.63) is 30.0 Å². The van der Waals surface area contributed by atoms with Gasteiger partial charge in [0.25, 0.3) is 0 Å². The molecule has 2 amide bonds. The van der Waals surface area contributed by atoms with Gasteiger partial charge in [-0.05, 0) is 65.1 Å². The van der Waals surface area contributed by atoms with Crippen LogP contribution in [-0.2, 0) is 30.6 Å². The van der Waals surface area contributed by atoms with Crippen LogP contribution in [0.25, 0.3) is 11.0 Å². The maximum atomic E-state index is 13.7. The molecule has 0 saturated carbocycles. The fraction of sp³-hybridized carbons (Fsp3) is 0.577. The number of benzene rings is 1. The molecule has 1 aliphatic rings. The zero-order valence-electron chi connectivity index (χ0n) is 22.1. The Kier molecular flexibility index (Phi) is 9.42. The summed E-state index contributed by atoms with van der Waals surface area (Å²) in [5, 5.41) is 12.1. The first-order valence-electron chi connectivity index (χ1n) is 12.8. The second-order valence-electron chi connectivity index (χ2n) is 10.5. The number of hydrogen-bond donors (Lipinski definition) is 3. The van der Waals surface area contributed by atoms with Crippen LogP contribution in [0.5, 0.6) is 0 Å². The quantitative estimate of drug-likeness (QED) is 0.380. The third-order valence-electron chi connectivity index (χ3n) is 6.25. The molecule has 0 spiro atoms. The Hall–Kier alpha value is -3.12. The van der Waals surface area contributed by atoms with Gasteiger partial charge in [0.1, 0.15) is 27.9 Å². The van der Waals surface area contributed by atoms with Gasteiger partial charge in [0.2, 0.25) is 5.91 Å². The predicted octanol–water partition coefficient (Wildman–Crippen LogP) is 2.85. The Morgan fingerprint density at radius 2 is 1.97 bits per heavy atom. The van der Waals surface area contributed by atoms with Gasteiger partial charge in [0, 0.05) is 24.4 Å². The molecule has 2 unspecified atom stereocenters. The van der Waals surface area contributed by atoms with Gasteiger partial charge in [0.05, 0.1) is 12.2 Å². The minimum atomic E-state index is -3.97. The summed E-state index contributed by atoms with van der Waals surface area (Å²) in [4.78, 5) is 38.6. The number of carbonyl (C=O) groups excluding carboxylic acids is 2. The second kappa shape index (κ2) is 12.2. The lowest BCUT2D eigenvalue weighted by Crippen LogP contribution is -2.52. The molecule has 1 fully saturated rings. The molecular weight excluding hydrogens is 514 g/mol. The van der Waals surface area contributed by atoms with Crippen molar-refractivity contribution in [3.63, 3.8) is 0 Å². The predicted molar refractivity (Wildman–Crippen MR) is 140 cm³/mol. The zero-order valence-corrected chi connectivity index (χ0v) is 22.9. The minimum absolute atomic E-state index is 0.0276. The van der Waals surface area contributed by atoms with Crippen molar-refractivity contribution in [1.82, 2.24) is 10.2 Å². The monoisotopic (exact) mass is 551 g/mol. The molecule has 210 valence electrons. The number of rotatable bonds is 11. The van der Waals surface area contributed by atoms with Gasteiger partial charge in [-0.25, -0.2) is 13.2 Å². The summed E-state index contributed by atoms with van der Waals surface area (Å²) in [6.45, 7) is 5.83. The second-order valence-corrected chi connectivity index (χ2v) is 12.5. The van der Waals surface area contributed by atoms with Crippen molar-refractivity contribution in [2.24, 2.45) is 5.73 Å². The van der Waals surface area contributed by atoms with E-state index in [9.17, 15) is 22.8 Å². The first kappa shape index (κ1) is 29.4. The number of aryl methyl sites for hydroxylation is 1. The summed E-state index contributed by atoms with van der Waals surface area (Å²) in [7, 11) is -3.97. The summed E-state index contributed by atoms with van der Waals surface area (Å²) in [6.07, 6.45) is 0.765. The van der Waals surface area contributed by atoms with E-state index in [-0.39, 0.29) is 41.6 Å². The Morgan fingerprint density at radius 3 is 2.63 bits per heavy atom. The highest BCUT2D eigenvalue weighted by Gasteiger charge is 2.38. The van der Waals surface area contributed by atoms with Gasteiger partial charge in [0.15, 0.2) is 9.84 Å². The number of hydrogen-bond acceptors (Lipinski definition) is 8. The molecule has 0 radical (unpaired) electrons. The highest BCUT2D eigenvalue weighted by Crippen LogP contribution is 2.33. The van der Waals surface area contributed by atoms with Crippen molar-refractivity contribution >= 4 is 38.8 Å². The van der Waals surface area contributed by atoms with Crippen LogP contribution < -0.4 is 11.1 Å². The third-order valence-corrected chi connectivity index (χ3v) is 8.15. The third kappa shape index (κ3) is 7.47. The molecule has 4 N–H and O–H groups in total. The van der Waals surface area contributed by atoms with Gasteiger partial charge in [-0.3, -0.25) is 9.59 Å². The fourth-order valence-electron chi connectivity index (χ4n) is 4.66. The van der Waals surface area contributed by atoms with Crippen LogP contribution in [0.3, 0.4) is 0 Å². The van der Waals surface area contributed by atoms with Gasteiger partial charge in [-0.1, -0.05) is 12.1 Å². The number of aliphatic carboxylic acids is 1. The summed E-state index contributed by atoms with van der Waals surface area (Å²) < 4.78 is 38.5. The number of alkyl carbamates (subject to hydrolysis) is 1. The maximum Gasteiger partial charge on any atom is 0.408 e. The lowest BCUT2D eigenvalue weighted by molar-refractivity contribution is -0.137. The molecule has 1 saturated heterocycles. The molecule has 0 bridgehead atoms. The highest BCUT2D eigenvalue weighted by molar-refractivity contribution is 7.91. The van der Waals surface area contributed by atoms with Crippen molar-refractivity contribution < 1.29 is 37.1 Å². The minimum Gasteiger partial charge on any atom is -0.481 e. The number of carboxylic acids is 1. The summed E-state index contributed by atoms with van der Waals surface area (Å²) in [5.74, 6) is -1.71. The van der Waals surface area contributed by atoms with E-state index in [4.69, 9.17) is 20.0 Å². The number of likely N-dealkylation sites (tertiary alicyclic amines) is 1. The van der Waals surface area contributed by atoms with Crippen molar-refractivity contribution in [2.45, 2.75) is 81.9 Å². The number of fused-ring (bicyclic) bond motifs is 1. The summed E-state index contributed by atoms with van der Waals surface area (Å²) >= 11 is 0. The SMILES string of the molecule is CC(C)(C)OC(=O)NC(CCCN)C(=O)N1CCCC1CS(=O)(=O)c1c(CCC(=O)O)oc2ccccc12. The number of nitrogens with one attached hydrogen (secondary N) is 1. The van der Waals surface area contributed by atoms with Gasteiger partial charge in [-0.2, -0.15) is 0 Å². The van der Waals surface area contributed by atoms with Crippen molar-refractivity contribution in [3.8, 4) is 0 Å². The first-order valence-corrected chi connectivity index (χ1v) is 14.4. The molecule has 2 heterocycles. The fourth-order valence-corrected chi connectivity index (χ4v) is 6.68. The van der Waals surface area contributed by atoms with E-state index in [0.717, 1.165) is 0 Å². The lowest BCUT2D eigenvalue weighted by atomic mass is 10.1. The number of nitrogens with zero attached hydrogens (tertiary/aromatic N) is 1. The molecule has 3 rings (SSSR count). The maximum absolute atomic E-state index is 13.7. The van der Waals surface area contributed by atoms with Crippen LogP contribution in [0.4, 0.5) is 4.79 Å². The molecule has 0 aliphatic carbocycles. The number of furan rings is 1. The number of ether oxygens (including phenoxy) is 1. The van der Waals surface area contributed by atoms with Crippen LogP contribution >= 0.6 is 0 Å². The van der Waals surface area contributed by atoms with Crippen LogP contribution in [0, 0.1) is 0 Å². The van der Waals surface area contributed by atoms with E-state index < -0.39 is 39.6 Å². The largest absolute Gasteiger partial charge is 0.481 e. The van der Waals surface area contributed by atoms with Gasteiger partial charge in [-0.15, -0.1) is 0 Å². The zero-order chi connectivity index (χ0) is 28.1. The Morgan fingerprint density at radius 1 is 1.26 bits per heavy atom. The average molecular weight is 552 g/mol. The molecule has 1 aliphatic heterocycles. The normalized spacial score (nSPS) is 16.9. The number of sulfone groups is 1. The van der Waals surface area contributed by atoms with Crippen LogP contribution in [0.1, 0.15) is 58.6 Å². The number of carboxylic acid groups (broad SMARTS) is 1. The van der Waals surface area contributed by atoms with Gasteiger partial charge >= 0.3 is 12.1 Å². The molecule has 2 aromatic rings. The van der Waals surface area contributed by atoms with E-state index in [1.165, 1.54) is 4.90 Å². The molecule has 11 nitrogen and oxygen atoms in total. The standard InChI is InChI=1S/C26H37N3O8S/c1-26(2,3)37-25(33)28-19(10-6-14-27)24(32)29-15-7-8-17(29)16-38(34,35)23-18-9-4-5-11-20(18)36-21(23)12-13-22(30)31/h4-5,9,11,17,19H,6-8,10,12-16,27H2,1-3H3,(H,28,33)(H,30,31).